The van der Waals surface area contributed by atoms with Gasteiger partial charge in [-0.1, -0.05) is 11.6 Å². The highest BCUT2D eigenvalue weighted by atomic mass is 35.5. The SMILES string of the molecule is O=[C]Nc1ccc(Cl)nc1. The third-order valence-corrected chi connectivity index (χ3v) is 1.15. The van der Waals surface area contributed by atoms with Crippen molar-refractivity contribution in [1.82, 2.24) is 4.98 Å². The van der Waals surface area contributed by atoms with Gasteiger partial charge in [0.05, 0.1) is 11.9 Å². The first kappa shape index (κ1) is 7.02. The molecule has 1 aromatic rings. The smallest absolute Gasteiger partial charge is 0.314 e. The molecular weight excluding hydrogens is 152 g/mol. The predicted octanol–water partition coefficient (Wildman–Crippen LogP) is 1.21. The molecule has 0 spiro atoms. The van der Waals surface area contributed by atoms with Crippen molar-refractivity contribution < 1.29 is 4.79 Å². The average Bonchev–Trinajstić information content (AvgIpc) is 1.95. The Balaban J connectivity index is 2.78. The van der Waals surface area contributed by atoms with Crippen LogP contribution in [0.15, 0.2) is 18.3 Å². The molecule has 1 amide bonds. The van der Waals surface area contributed by atoms with E-state index < -0.39 is 0 Å². The van der Waals surface area contributed by atoms with E-state index >= 15 is 0 Å². The van der Waals surface area contributed by atoms with Crippen LogP contribution in [-0.4, -0.2) is 11.4 Å². The highest BCUT2D eigenvalue weighted by molar-refractivity contribution is 6.29. The third-order valence-electron chi connectivity index (χ3n) is 0.923. The summed E-state index contributed by atoms with van der Waals surface area (Å²) in [6.07, 6.45) is 2.97. The van der Waals surface area contributed by atoms with Gasteiger partial charge in [0.25, 0.3) is 0 Å². The van der Waals surface area contributed by atoms with Crippen molar-refractivity contribution in [2.75, 3.05) is 5.32 Å². The molecule has 4 heteroatoms. The molecule has 3 nitrogen and oxygen atoms in total. The molecule has 0 aliphatic heterocycles. The lowest BCUT2D eigenvalue weighted by Gasteiger charge is -1.93. The number of rotatable bonds is 2. The fourth-order valence-corrected chi connectivity index (χ4v) is 0.620. The molecule has 51 valence electrons. The van der Waals surface area contributed by atoms with Gasteiger partial charge in [-0.2, -0.15) is 0 Å². The van der Waals surface area contributed by atoms with E-state index in [0.717, 1.165) is 0 Å². The normalized spacial score (nSPS) is 8.90. The summed E-state index contributed by atoms with van der Waals surface area (Å²) in [7, 11) is 0. The number of nitrogens with one attached hydrogen (secondary N) is 1. The number of anilines is 1. The molecule has 0 bridgehead atoms. The van der Waals surface area contributed by atoms with Gasteiger partial charge in [-0.3, -0.25) is 4.79 Å². The largest absolute Gasteiger partial charge is 0.316 e. The summed E-state index contributed by atoms with van der Waals surface area (Å²) in [5.74, 6) is 0. The number of hydrogen-bond acceptors (Lipinski definition) is 2. The Morgan fingerprint density at radius 1 is 1.60 bits per heavy atom. The first-order valence-electron chi connectivity index (χ1n) is 2.57. The minimum Gasteiger partial charge on any atom is -0.316 e. The second kappa shape index (κ2) is 3.17. The standard InChI is InChI=1S/C6H4ClN2O/c7-6-2-1-5(3-8-6)9-4-10/h1-3H,(H,9,10). The fraction of sp³-hybridized carbons (Fsp3) is 0. The van der Waals surface area contributed by atoms with Crippen molar-refractivity contribution in [3.63, 3.8) is 0 Å². The number of halogens is 1. The third kappa shape index (κ3) is 1.70. The summed E-state index contributed by atoms with van der Waals surface area (Å²) in [6, 6.07) is 3.22. The molecule has 10 heavy (non-hydrogen) atoms. The quantitative estimate of drug-likeness (QED) is 0.515. The number of hydrogen-bond donors (Lipinski definition) is 1. The first-order chi connectivity index (χ1) is 4.83. The Kier molecular flexibility index (Phi) is 2.23. The van der Waals surface area contributed by atoms with Gasteiger partial charge >= 0.3 is 6.41 Å². The van der Waals surface area contributed by atoms with Gasteiger partial charge in [0.15, 0.2) is 0 Å². The molecular formula is C6H4ClN2O. The maximum Gasteiger partial charge on any atom is 0.314 e. The minimum absolute atomic E-state index is 0.399. The summed E-state index contributed by atoms with van der Waals surface area (Å²) in [5, 5.41) is 2.71. The number of aromatic nitrogens is 1. The van der Waals surface area contributed by atoms with Gasteiger partial charge in [0.2, 0.25) is 0 Å². The molecule has 0 atom stereocenters. The van der Waals surface area contributed by atoms with Crippen LogP contribution in [0, 0.1) is 0 Å². The molecule has 1 heterocycles. The predicted molar refractivity (Wildman–Crippen MR) is 38.6 cm³/mol. The molecule has 0 aromatic carbocycles. The molecule has 1 rings (SSSR count). The molecule has 0 unspecified atom stereocenters. The van der Waals surface area contributed by atoms with Crippen molar-refractivity contribution in [3.05, 3.63) is 23.5 Å². The Morgan fingerprint density at radius 2 is 2.40 bits per heavy atom. The second-order valence-corrected chi connectivity index (χ2v) is 1.98. The zero-order valence-electron chi connectivity index (χ0n) is 4.97. The molecule has 0 aliphatic rings. The van der Waals surface area contributed by atoms with Crippen LogP contribution in [0.2, 0.25) is 5.15 Å². The minimum atomic E-state index is 0.399. The first-order valence-corrected chi connectivity index (χ1v) is 2.95. The van der Waals surface area contributed by atoms with E-state index in [0.29, 0.717) is 10.8 Å². The van der Waals surface area contributed by atoms with E-state index in [2.05, 4.69) is 10.3 Å². The van der Waals surface area contributed by atoms with Gasteiger partial charge in [-0.15, -0.1) is 0 Å². The lowest BCUT2D eigenvalue weighted by atomic mass is 10.4. The van der Waals surface area contributed by atoms with Crippen molar-refractivity contribution in [1.29, 1.82) is 0 Å². The molecule has 1 N–H and O–H groups in total. The van der Waals surface area contributed by atoms with Crippen LogP contribution in [0.4, 0.5) is 5.69 Å². The van der Waals surface area contributed by atoms with E-state index in [1.54, 1.807) is 12.1 Å². The van der Waals surface area contributed by atoms with Crippen molar-refractivity contribution in [2.24, 2.45) is 0 Å². The maximum atomic E-state index is 9.76. The molecule has 1 aromatic heterocycles. The van der Waals surface area contributed by atoms with Crippen LogP contribution in [0.3, 0.4) is 0 Å². The van der Waals surface area contributed by atoms with Crippen molar-refractivity contribution in [3.8, 4) is 0 Å². The Labute approximate surface area is 63.0 Å². The second-order valence-electron chi connectivity index (χ2n) is 1.60. The Hall–Kier alpha value is -1.09. The van der Waals surface area contributed by atoms with Crippen LogP contribution < -0.4 is 5.32 Å². The number of carbonyl (C=O) groups excluding carboxylic acids is 1. The fourth-order valence-electron chi connectivity index (χ4n) is 0.509. The molecule has 0 saturated heterocycles. The van der Waals surface area contributed by atoms with Crippen LogP contribution in [0.25, 0.3) is 0 Å². The summed E-state index contributed by atoms with van der Waals surface area (Å²) in [5.41, 5.74) is 0.583. The van der Waals surface area contributed by atoms with Crippen LogP contribution in [-0.2, 0) is 4.79 Å². The summed E-state index contributed by atoms with van der Waals surface area (Å²) in [6.45, 7) is 0. The monoisotopic (exact) mass is 155 g/mol. The highest BCUT2D eigenvalue weighted by Gasteiger charge is 1.89. The molecule has 0 aliphatic carbocycles. The lowest BCUT2D eigenvalue weighted by molar-refractivity contribution is 0.561. The number of pyridine rings is 1. The van der Waals surface area contributed by atoms with Gasteiger partial charge in [-0.05, 0) is 12.1 Å². The van der Waals surface area contributed by atoms with Crippen molar-refractivity contribution >= 4 is 23.7 Å². The van der Waals surface area contributed by atoms with Gasteiger partial charge < -0.3 is 5.32 Å². The Bertz CT molecular complexity index is 222. The summed E-state index contributed by atoms with van der Waals surface area (Å²) in [4.78, 5) is 13.5. The summed E-state index contributed by atoms with van der Waals surface area (Å²) < 4.78 is 0. The van der Waals surface area contributed by atoms with Crippen LogP contribution in [0.5, 0.6) is 0 Å². The van der Waals surface area contributed by atoms with Gasteiger partial charge in [0.1, 0.15) is 5.15 Å². The topological polar surface area (TPSA) is 42.0 Å². The maximum absolute atomic E-state index is 9.76. The van der Waals surface area contributed by atoms with E-state index in [1.807, 2.05) is 0 Å². The van der Waals surface area contributed by atoms with E-state index in [9.17, 15) is 4.79 Å². The summed E-state index contributed by atoms with van der Waals surface area (Å²) >= 11 is 5.47. The Morgan fingerprint density at radius 3 is 2.90 bits per heavy atom. The zero-order valence-corrected chi connectivity index (χ0v) is 5.72. The molecule has 0 saturated carbocycles. The zero-order chi connectivity index (χ0) is 7.40. The van der Waals surface area contributed by atoms with Crippen LogP contribution in [0.1, 0.15) is 0 Å². The van der Waals surface area contributed by atoms with Crippen molar-refractivity contribution in [2.45, 2.75) is 0 Å². The average molecular weight is 156 g/mol. The van der Waals surface area contributed by atoms with E-state index in [4.69, 9.17) is 11.6 Å². The number of nitrogens with zero attached hydrogens (tertiary/aromatic N) is 1. The lowest BCUT2D eigenvalue weighted by Crippen LogP contribution is -1.93. The van der Waals surface area contributed by atoms with E-state index in [-0.39, 0.29) is 0 Å². The van der Waals surface area contributed by atoms with Gasteiger partial charge in [-0.25, -0.2) is 4.98 Å². The van der Waals surface area contributed by atoms with E-state index in [1.165, 1.54) is 12.6 Å². The molecule has 0 fully saturated rings. The highest BCUT2D eigenvalue weighted by Crippen LogP contribution is 2.07. The molecule has 1 radical (unpaired) electrons. The van der Waals surface area contributed by atoms with Crippen LogP contribution >= 0.6 is 11.6 Å². The van der Waals surface area contributed by atoms with Gasteiger partial charge in [0, 0.05) is 0 Å². The number of amides is 1.